The third-order valence-electron chi connectivity index (χ3n) is 22.8. The van der Waals surface area contributed by atoms with Crippen LogP contribution in [0, 0.1) is 17.5 Å². The van der Waals surface area contributed by atoms with Crippen LogP contribution in [0.4, 0.5) is 47.7 Å². The lowest BCUT2D eigenvalue weighted by atomic mass is 9.89. The van der Waals surface area contributed by atoms with E-state index in [4.69, 9.17) is 52.0 Å². The summed E-state index contributed by atoms with van der Waals surface area (Å²) in [6, 6.07) is 32.6. The number of halogens is 6. The molecule has 34 heteroatoms. The molecule has 602 valence electrons. The zero-order chi connectivity index (χ0) is 80.6. The topological polar surface area (TPSA) is 322 Å². The maximum absolute atomic E-state index is 15.4. The Morgan fingerprint density at radius 1 is 0.391 bits per heavy atom. The average Bonchev–Trinajstić information content (AvgIpc) is 1.63. The second kappa shape index (κ2) is 33.9. The number of piperazine rings is 2. The number of benzene rings is 6. The Balaban J connectivity index is 0.000000137. The van der Waals surface area contributed by atoms with Crippen molar-refractivity contribution in [1.29, 1.82) is 0 Å². The molecule has 5 fully saturated rings. The van der Waals surface area contributed by atoms with Crippen molar-refractivity contribution in [1.82, 2.24) is 63.2 Å². The lowest BCUT2D eigenvalue weighted by molar-refractivity contribution is 0.0827. The van der Waals surface area contributed by atoms with Crippen LogP contribution >= 0.6 is 34.8 Å². The second-order valence-corrected chi connectivity index (χ2v) is 36.2. The van der Waals surface area contributed by atoms with Crippen molar-refractivity contribution in [3.05, 3.63) is 197 Å². The molecule has 3 saturated carbocycles. The highest BCUT2D eigenvalue weighted by Crippen LogP contribution is 2.45. The number of hydrogen-bond acceptors (Lipinski definition) is 19. The fourth-order valence-corrected chi connectivity index (χ4v) is 20.9. The van der Waals surface area contributed by atoms with Crippen molar-refractivity contribution in [3.63, 3.8) is 0 Å². The van der Waals surface area contributed by atoms with Crippen molar-refractivity contribution < 1.29 is 38.4 Å². The summed E-state index contributed by atoms with van der Waals surface area (Å²) in [5.74, 6) is -1.05. The molecule has 0 radical (unpaired) electrons. The summed E-state index contributed by atoms with van der Waals surface area (Å²) in [4.78, 5) is 35.9. The first kappa shape index (κ1) is 80.5. The van der Waals surface area contributed by atoms with Gasteiger partial charge in [0.15, 0.2) is 0 Å². The molecule has 0 atom stereocenters. The average molecular weight is 1680 g/mol. The van der Waals surface area contributed by atoms with E-state index >= 15 is 8.78 Å². The van der Waals surface area contributed by atoms with Crippen LogP contribution in [-0.4, -0.2) is 167 Å². The molecule has 115 heavy (non-hydrogen) atoms. The highest BCUT2D eigenvalue weighted by molar-refractivity contribution is 7.93. The van der Waals surface area contributed by atoms with Gasteiger partial charge in [-0.15, -0.1) is 0 Å². The van der Waals surface area contributed by atoms with E-state index in [1.807, 2.05) is 18.5 Å². The molecular formula is C81H87Cl3F3N19O6S3. The lowest BCUT2D eigenvalue weighted by Crippen LogP contribution is -2.49. The molecule has 17 rings (SSSR count). The van der Waals surface area contributed by atoms with Gasteiger partial charge in [-0.1, -0.05) is 90.1 Å². The van der Waals surface area contributed by atoms with Crippen molar-refractivity contribution in [2.45, 2.75) is 122 Å². The number of likely N-dealkylation sites (N-methyl/N-ethyl adjacent to an activating group) is 2. The molecule has 0 amide bonds. The lowest BCUT2D eigenvalue weighted by Gasteiger charge is -2.41. The Bertz CT molecular complexity index is 5940. The third kappa shape index (κ3) is 17.3. The molecule has 6 aromatic carbocycles. The fourth-order valence-electron chi connectivity index (χ4n) is 16.6. The van der Waals surface area contributed by atoms with Crippen LogP contribution in [0.1, 0.15) is 95.2 Å². The van der Waals surface area contributed by atoms with Crippen LogP contribution < -0.4 is 31.4 Å². The zero-order valence-corrected chi connectivity index (χ0v) is 67.8. The quantitative estimate of drug-likeness (QED) is 0.0493. The number of aromatic nitrogens is 9. The van der Waals surface area contributed by atoms with Gasteiger partial charge in [-0.25, -0.2) is 68.3 Å². The van der Waals surface area contributed by atoms with E-state index in [9.17, 15) is 29.6 Å². The first-order chi connectivity index (χ1) is 55.2. The van der Waals surface area contributed by atoms with Crippen molar-refractivity contribution in [3.8, 4) is 33.4 Å². The minimum absolute atomic E-state index is 0.0828. The van der Waals surface area contributed by atoms with Gasteiger partial charge >= 0.3 is 0 Å². The Hall–Kier alpha value is -9.67. The van der Waals surface area contributed by atoms with Gasteiger partial charge in [0.05, 0.1) is 58.1 Å². The van der Waals surface area contributed by atoms with Crippen LogP contribution in [0.25, 0.3) is 66.5 Å². The number of nitrogens with zero attached hydrogens (tertiary/aromatic N) is 13. The van der Waals surface area contributed by atoms with Gasteiger partial charge in [-0.2, -0.15) is 0 Å². The van der Waals surface area contributed by atoms with Crippen molar-refractivity contribution in [2.75, 3.05) is 97.8 Å². The van der Waals surface area contributed by atoms with Gasteiger partial charge < -0.3 is 40.7 Å². The predicted octanol–water partition coefficient (Wildman–Crippen LogP) is 15.4. The van der Waals surface area contributed by atoms with Gasteiger partial charge in [0.2, 0.25) is 0 Å². The summed E-state index contributed by atoms with van der Waals surface area (Å²) in [5, 5.41) is 2.32. The molecule has 2 saturated heterocycles. The van der Waals surface area contributed by atoms with E-state index in [0.717, 1.165) is 163 Å². The van der Waals surface area contributed by atoms with Crippen LogP contribution in [0.15, 0.2) is 180 Å². The summed E-state index contributed by atoms with van der Waals surface area (Å²) in [6.45, 7) is 8.84. The Morgan fingerprint density at radius 2 is 0.765 bits per heavy atom. The first-order valence-electron chi connectivity index (χ1n) is 38.2. The van der Waals surface area contributed by atoms with Gasteiger partial charge in [0, 0.05) is 118 Å². The molecule has 0 spiro atoms. The molecule has 0 unspecified atom stereocenters. The molecule has 6 aromatic heterocycles. The van der Waals surface area contributed by atoms with Gasteiger partial charge in [-0.05, 0) is 180 Å². The largest absolute Gasteiger partial charge is 0.383 e. The van der Waals surface area contributed by atoms with E-state index in [1.54, 1.807) is 42.5 Å². The van der Waals surface area contributed by atoms with Gasteiger partial charge in [0.25, 0.3) is 30.1 Å². The molecule has 2 aliphatic heterocycles. The van der Waals surface area contributed by atoms with E-state index in [-0.39, 0.29) is 48.2 Å². The SMILES string of the molecule is CN1CCN(C2CCC(n3cc(-c4ccc(NS(=O)(=O)c5ccc(F)cc5)c(F)c4)c4c(N)ncnc43)CC2)CC1.CN1CCN(C2CCC(n3cc(-c4ccc(NS(=O)(=O)c5cccc(Cl)c5Cl)c(F)c4)c4c(N)ncnc43)CC2)CC1.Nc1ncnc2c1c(-c1ccc(NS(=O)(=O)c3ccccc3)c(Cl)c1)cn2C1CCCC1. The number of rotatable bonds is 17. The number of nitrogen functional groups attached to an aromatic ring is 3. The number of sulfonamides is 3. The summed E-state index contributed by atoms with van der Waals surface area (Å²) >= 11 is 18.6. The number of hydrogen-bond donors (Lipinski definition) is 6. The number of nitrogens with one attached hydrogen (secondary N) is 3. The van der Waals surface area contributed by atoms with Crippen molar-refractivity contribution >= 4 is 132 Å². The minimum atomic E-state index is -4.19. The highest BCUT2D eigenvalue weighted by Gasteiger charge is 2.34. The Labute approximate surface area is 680 Å². The molecule has 0 bridgehead atoms. The number of anilines is 6. The molecule has 3 aliphatic carbocycles. The molecule has 8 heterocycles. The van der Waals surface area contributed by atoms with E-state index < -0.39 is 47.5 Å². The normalized spacial score (nSPS) is 19.1. The number of fused-ring (bicyclic) bond motifs is 3. The van der Waals surface area contributed by atoms with E-state index in [0.29, 0.717) is 90.6 Å². The minimum Gasteiger partial charge on any atom is -0.383 e. The third-order valence-corrected chi connectivity index (χ3v) is 28.2. The maximum Gasteiger partial charge on any atom is 0.263 e. The summed E-state index contributed by atoms with van der Waals surface area (Å²) in [6.07, 6.45) is 23.4. The van der Waals surface area contributed by atoms with E-state index in [1.165, 1.54) is 86.4 Å². The standard InChI is InChI=1S/C29H32Cl2FN7O2S.C29H33F2N7O2S.C23H22ClN5O2S/c1-37-11-13-38(14-12-37)19-6-8-20(9-7-19)39-16-21(26-28(33)34-17-35-29(26)39)18-5-10-24(23(32)15-18)36-42(40,41)25-4-2-3-22(30)27(25)31;1-36-12-14-37(15-13-36)21-5-7-22(8-6-21)38-17-24(27-28(32)33-18-34-29(27)38)19-2-11-26(25(31)16-19)35-41(39,40)23-9-3-20(30)4-10-23;24-19-12-15(10-11-20(19)28-32(30,31)17-8-2-1-3-9-17)18-13-29(16-6-4-5-7-16)23-21(18)22(25)26-14-27-23/h2-5,10,15-17,19-20,36H,6-9,11-14H2,1H3,(H2,33,34,35);2-4,9-11,16-18,21-22,35H,5-8,12-15H2,1H3,(H2,32,33,34);1-3,8-14,16,28H,4-7H2,(H2,25,26,27). The Kier molecular flexibility index (Phi) is 23.7. The fraction of sp³-hybridized carbons (Fsp3) is 0.333. The Morgan fingerprint density at radius 3 is 1.18 bits per heavy atom. The summed E-state index contributed by atoms with van der Waals surface area (Å²) in [5.41, 5.74) is 25.1. The van der Waals surface area contributed by atoms with E-state index in [2.05, 4.69) is 97.7 Å². The molecular weight excluding hydrogens is 1590 g/mol. The summed E-state index contributed by atoms with van der Waals surface area (Å²) < 4.78 is 134. The maximum atomic E-state index is 15.4. The van der Waals surface area contributed by atoms with Gasteiger partial charge in [-0.3, -0.25) is 24.0 Å². The monoisotopic (exact) mass is 1680 g/mol. The molecule has 25 nitrogen and oxygen atoms in total. The first-order valence-corrected chi connectivity index (χ1v) is 43.7. The van der Waals surface area contributed by atoms with Crippen LogP contribution in [0.5, 0.6) is 0 Å². The number of nitrogens with two attached hydrogens (primary N) is 3. The second-order valence-electron chi connectivity index (χ2n) is 30.0. The molecule has 5 aliphatic rings. The smallest absolute Gasteiger partial charge is 0.263 e. The summed E-state index contributed by atoms with van der Waals surface area (Å²) in [7, 11) is -7.69. The van der Waals surface area contributed by atoms with Crippen LogP contribution in [-0.2, 0) is 30.1 Å². The van der Waals surface area contributed by atoms with Crippen LogP contribution in [0.2, 0.25) is 15.1 Å². The zero-order valence-electron chi connectivity index (χ0n) is 63.1. The van der Waals surface area contributed by atoms with Crippen LogP contribution in [0.3, 0.4) is 0 Å². The molecule has 12 aromatic rings. The van der Waals surface area contributed by atoms with Crippen molar-refractivity contribution in [2.24, 2.45) is 0 Å². The van der Waals surface area contributed by atoms with Gasteiger partial charge in [0.1, 0.15) is 75.7 Å². The highest BCUT2D eigenvalue weighted by atomic mass is 35.5. The molecule has 9 N–H and O–H groups in total. The predicted molar refractivity (Wildman–Crippen MR) is 447 cm³/mol.